The van der Waals surface area contributed by atoms with Gasteiger partial charge in [-0.15, -0.1) is 11.8 Å². The molecule has 3 atom stereocenters. The van der Waals surface area contributed by atoms with Crippen molar-refractivity contribution < 1.29 is 9.90 Å². The minimum Gasteiger partial charge on any atom is -0.480 e. The molecule has 1 spiro atoms. The third kappa shape index (κ3) is 2.48. The summed E-state index contributed by atoms with van der Waals surface area (Å²) in [6.45, 7) is 2.30. The second kappa shape index (κ2) is 4.34. The second-order valence-electron chi connectivity index (χ2n) is 4.88. The Morgan fingerprint density at radius 3 is 2.93 bits per heavy atom. The SMILES string of the molecule is CC1CCCC2(CC1)N[C@H](C(=O)O)CS2. The molecule has 0 bridgehead atoms. The molecule has 2 fully saturated rings. The van der Waals surface area contributed by atoms with Gasteiger partial charge in [0, 0.05) is 5.75 Å². The first-order valence-corrected chi connectivity index (χ1v) is 6.74. The van der Waals surface area contributed by atoms with E-state index in [1.807, 2.05) is 11.8 Å². The average molecular weight is 229 g/mol. The van der Waals surface area contributed by atoms with Crippen LogP contribution in [0.2, 0.25) is 0 Å². The Morgan fingerprint density at radius 2 is 2.27 bits per heavy atom. The summed E-state index contributed by atoms with van der Waals surface area (Å²) in [5.74, 6) is 0.830. The molecule has 0 aromatic rings. The van der Waals surface area contributed by atoms with Gasteiger partial charge in [-0.25, -0.2) is 0 Å². The predicted molar refractivity (Wildman–Crippen MR) is 62.0 cm³/mol. The normalized spacial score (nSPS) is 41.7. The highest BCUT2D eigenvalue weighted by molar-refractivity contribution is 8.00. The van der Waals surface area contributed by atoms with Crippen LogP contribution in [0.4, 0.5) is 0 Å². The van der Waals surface area contributed by atoms with E-state index >= 15 is 0 Å². The van der Waals surface area contributed by atoms with E-state index in [1.165, 1.54) is 19.3 Å². The maximum absolute atomic E-state index is 10.9. The third-order valence-corrected chi connectivity index (χ3v) is 5.16. The van der Waals surface area contributed by atoms with Gasteiger partial charge in [0.15, 0.2) is 0 Å². The summed E-state index contributed by atoms with van der Waals surface area (Å²) in [4.78, 5) is 11.0. The molecule has 1 aliphatic heterocycles. The van der Waals surface area contributed by atoms with Crippen molar-refractivity contribution in [3.05, 3.63) is 0 Å². The number of carboxylic acids is 1. The minimum atomic E-state index is -0.698. The molecule has 15 heavy (non-hydrogen) atoms. The maximum Gasteiger partial charge on any atom is 0.321 e. The Balaban J connectivity index is 1.99. The predicted octanol–water partition coefficient (Wildman–Crippen LogP) is 2.07. The molecule has 0 amide bonds. The monoisotopic (exact) mass is 229 g/mol. The fourth-order valence-corrected chi connectivity index (χ4v) is 4.04. The summed E-state index contributed by atoms with van der Waals surface area (Å²) in [6, 6.07) is -0.330. The molecule has 86 valence electrons. The molecule has 2 unspecified atom stereocenters. The van der Waals surface area contributed by atoms with Gasteiger partial charge in [0.05, 0.1) is 4.87 Å². The number of thioether (sulfide) groups is 1. The summed E-state index contributed by atoms with van der Waals surface area (Å²) < 4.78 is 0. The van der Waals surface area contributed by atoms with Crippen LogP contribution in [-0.4, -0.2) is 27.7 Å². The quantitative estimate of drug-likeness (QED) is 0.722. The topological polar surface area (TPSA) is 49.3 Å². The van der Waals surface area contributed by atoms with Crippen LogP contribution < -0.4 is 5.32 Å². The summed E-state index contributed by atoms with van der Waals surface area (Å²) in [5.41, 5.74) is 0. The summed E-state index contributed by atoms with van der Waals surface area (Å²) in [6.07, 6.45) is 6.01. The molecule has 0 aromatic carbocycles. The maximum atomic E-state index is 10.9. The Labute approximate surface area is 95.0 Å². The molecule has 0 radical (unpaired) electrons. The summed E-state index contributed by atoms with van der Waals surface area (Å²) in [7, 11) is 0. The molecule has 1 saturated heterocycles. The lowest BCUT2D eigenvalue weighted by molar-refractivity contribution is -0.138. The fraction of sp³-hybridized carbons (Fsp3) is 0.909. The van der Waals surface area contributed by atoms with Crippen molar-refractivity contribution in [1.82, 2.24) is 5.32 Å². The van der Waals surface area contributed by atoms with Gasteiger partial charge in [0.2, 0.25) is 0 Å². The van der Waals surface area contributed by atoms with Gasteiger partial charge < -0.3 is 5.11 Å². The van der Waals surface area contributed by atoms with E-state index in [2.05, 4.69) is 12.2 Å². The summed E-state index contributed by atoms with van der Waals surface area (Å²) >= 11 is 1.83. The molecular weight excluding hydrogens is 210 g/mol. The smallest absolute Gasteiger partial charge is 0.321 e. The van der Waals surface area contributed by atoms with E-state index in [9.17, 15) is 4.79 Å². The zero-order chi connectivity index (χ0) is 10.9. The number of carbonyl (C=O) groups is 1. The van der Waals surface area contributed by atoms with Gasteiger partial charge >= 0.3 is 5.97 Å². The van der Waals surface area contributed by atoms with Crippen molar-refractivity contribution in [2.75, 3.05) is 5.75 Å². The molecule has 2 aliphatic rings. The van der Waals surface area contributed by atoms with Crippen LogP contribution in [0, 0.1) is 5.92 Å². The van der Waals surface area contributed by atoms with E-state index < -0.39 is 5.97 Å². The van der Waals surface area contributed by atoms with Crippen molar-refractivity contribution in [2.45, 2.75) is 49.9 Å². The van der Waals surface area contributed by atoms with Crippen molar-refractivity contribution in [2.24, 2.45) is 5.92 Å². The highest BCUT2D eigenvalue weighted by Gasteiger charge is 2.42. The van der Waals surface area contributed by atoms with Crippen molar-refractivity contribution in [1.29, 1.82) is 0 Å². The van der Waals surface area contributed by atoms with E-state index in [1.54, 1.807) is 0 Å². The lowest BCUT2D eigenvalue weighted by atomic mass is 10.0. The van der Waals surface area contributed by atoms with Crippen molar-refractivity contribution >= 4 is 17.7 Å². The number of nitrogens with one attached hydrogen (secondary N) is 1. The lowest BCUT2D eigenvalue weighted by Gasteiger charge is -2.27. The van der Waals surface area contributed by atoms with Crippen LogP contribution in [0.5, 0.6) is 0 Å². The summed E-state index contributed by atoms with van der Waals surface area (Å²) in [5, 5.41) is 12.3. The van der Waals surface area contributed by atoms with Gasteiger partial charge in [0.1, 0.15) is 6.04 Å². The van der Waals surface area contributed by atoms with E-state index in [-0.39, 0.29) is 10.9 Å². The number of aliphatic carboxylic acids is 1. The molecule has 1 aliphatic carbocycles. The Morgan fingerprint density at radius 1 is 1.47 bits per heavy atom. The largest absolute Gasteiger partial charge is 0.480 e. The average Bonchev–Trinajstić information content (AvgIpc) is 2.51. The highest BCUT2D eigenvalue weighted by Crippen LogP contribution is 2.42. The van der Waals surface area contributed by atoms with Crippen molar-refractivity contribution in [3.63, 3.8) is 0 Å². The van der Waals surface area contributed by atoms with Crippen LogP contribution >= 0.6 is 11.8 Å². The molecule has 0 aromatic heterocycles. The number of carboxylic acid groups (broad SMARTS) is 1. The van der Waals surface area contributed by atoms with E-state index in [4.69, 9.17) is 5.11 Å². The molecule has 2 N–H and O–H groups in total. The second-order valence-corrected chi connectivity index (χ2v) is 6.28. The molecular formula is C11H19NO2S. The molecule has 1 saturated carbocycles. The number of hydrogen-bond acceptors (Lipinski definition) is 3. The Bertz CT molecular complexity index is 259. The van der Waals surface area contributed by atoms with E-state index in [0.717, 1.165) is 24.5 Å². The minimum absolute atomic E-state index is 0.0772. The molecule has 3 nitrogen and oxygen atoms in total. The van der Waals surface area contributed by atoms with Gasteiger partial charge in [-0.1, -0.05) is 19.8 Å². The molecule has 4 heteroatoms. The number of rotatable bonds is 1. The van der Waals surface area contributed by atoms with Gasteiger partial charge in [0.25, 0.3) is 0 Å². The van der Waals surface area contributed by atoms with E-state index in [0.29, 0.717) is 0 Å². The standard InChI is InChI=1S/C11H19NO2S/c1-8-3-2-5-11(6-4-8)12-9(7-15-11)10(13)14/h8-9,12H,2-7H2,1H3,(H,13,14)/t8?,9-,11?/m0/s1. The number of hydrogen-bond donors (Lipinski definition) is 2. The third-order valence-electron chi connectivity index (χ3n) is 3.58. The Hall–Kier alpha value is -0.220. The van der Waals surface area contributed by atoms with Crippen LogP contribution in [0.25, 0.3) is 0 Å². The van der Waals surface area contributed by atoms with Gasteiger partial charge in [-0.3, -0.25) is 10.1 Å². The molecule has 1 heterocycles. The Kier molecular flexibility index (Phi) is 3.26. The first kappa shape index (κ1) is 11.3. The zero-order valence-electron chi connectivity index (χ0n) is 9.16. The zero-order valence-corrected chi connectivity index (χ0v) is 9.98. The van der Waals surface area contributed by atoms with Crippen molar-refractivity contribution in [3.8, 4) is 0 Å². The van der Waals surface area contributed by atoms with Crippen LogP contribution in [0.1, 0.15) is 39.0 Å². The van der Waals surface area contributed by atoms with Gasteiger partial charge in [-0.2, -0.15) is 0 Å². The van der Waals surface area contributed by atoms with Crippen LogP contribution in [-0.2, 0) is 4.79 Å². The first-order chi connectivity index (χ1) is 7.11. The lowest BCUT2D eigenvalue weighted by Crippen LogP contribution is -2.44. The van der Waals surface area contributed by atoms with Crippen LogP contribution in [0.15, 0.2) is 0 Å². The molecule has 2 rings (SSSR count). The van der Waals surface area contributed by atoms with Crippen LogP contribution in [0.3, 0.4) is 0 Å². The first-order valence-electron chi connectivity index (χ1n) is 5.76. The van der Waals surface area contributed by atoms with Gasteiger partial charge in [-0.05, 0) is 25.2 Å². The fourth-order valence-electron chi connectivity index (χ4n) is 2.55. The highest BCUT2D eigenvalue weighted by atomic mass is 32.2.